The Balaban J connectivity index is 1.96. The SMILES string of the molecule is CC(=O)OC[C@H]1O[C@@H](OC2=C(C)OC(=C3CCCCC3)C2=O)[C@H](OC(C)=O)[C@@H](OC(C)=O)[C@@H]1OC(C)=O. The van der Waals surface area contributed by atoms with E-state index in [0.29, 0.717) is 0 Å². The smallest absolute Gasteiger partial charge is 0.303 e. The largest absolute Gasteiger partial charge is 0.463 e. The van der Waals surface area contributed by atoms with E-state index < -0.39 is 67.0 Å². The van der Waals surface area contributed by atoms with Gasteiger partial charge in [0.05, 0.1) is 0 Å². The Morgan fingerprint density at radius 2 is 1.38 bits per heavy atom. The maximum absolute atomic E-state index is 13.2. The predicted molar refractivity (Wildman–Crippen MR) is 122 cm³/mol. The van der Waals surface area contributed by atoms with Gasteiger partial charge < -0.3 is 33.2 Å². The van der Waals surface area contributed by atoms with Crippen molar-refractivity contribution in [3.05, 3.63) is 22.9 Å². The first-order chi connectivity index (χ1) is 17.5. The van der Waals surface area contributed by atoms with Crippen LogP contribution in [0.25, 0.3) is 0 Å². The van der Waals surface area contributed by atoms with Crippen LogP contribution in [0.2, 0.25) is 0 Å². The Labute approximate surface area is 214 Å². The van der Waals surface area contributed by atoms with E-state index >= 15 is 0 Å². The Bertz CT molecular complexity index is 1000. The Morgan fingerprint density at radius 3 is 1.95 bits per heavy atom. The van der Waals surface area contributed by atoms with Gasteiger partial charge in [-0.15, -0.1) is 0 Å². The summed E-state index contributed by atoms with van der Waals surface area (Å²) < 4.78 is 38.7. The molecule has 204 valence electrons. The number of rotatable bonds is 7. The lowest BCUT2D eigenvalue weighted by molar-refractivity contribution is -0.299. The first kappa shape index (κ1) is 28.2. The summed E-state index contributed by atoms with van der Waals surface area (Å²) in [4.78, 5) is 60.5. The fourth-order valence-electron chi connectivity index (χ4n) is 4.48. The van der Waals surface area contributed by atoms with E-state index in [0.717, 1.165) is 58.4 Å². The number of ketones is 1. The van der Waals surface area contributed by atoms with Crippen LogP contribution in [0.4, 0.5) is 0 Å². The zero-order valence-electron chi connectivity index (χ0n) is 21.5. The minimum Gasteiger partial charge on any atom is -0.463 e. The molecule has 0 unspecified atom stereocenters. The van der Waals surface area contributed by atoms with Crippen LogP contribution < -0.4 is 0 Å². The van der Waals surface area contributed by atoms with Crippen LogP contribution in [0.3, 0.4) is 0 Å². The maximum atomic E-state index is 13.2. The van der Waals surface area contributed by atoms with Gasteiger partial charge in [-0.1, -0.05) is 6.42 Å². The number of Topliss-reactive ketones (excluding diaryl/α,β-unsaturated/α-hetero) is 1. The fourth-order valence-corrected chi connectivity index (χ4v) is 4.48. The van der Waals surface area contributed by atoms with Crippen LogP contribution in [0.15, 0.2) is 22.9 Å². The highest BCUT2D eigenvalue weighted by Gasteiger charge is 2.54. The molecule has 1 saturated carbocycles. The number of hydrogen-bond acceptors (Lipinski definition) is 12. The average Bonchev–Trinajstić information content (AvgIpc) is 3.09. The summed E-state index contributed by atoms with van der Waals surface area (Å²) in [7, 11) is 0. The number of allylic oxidation sites excluding steroid dienone is 2. The van der Waals surface area contributed by atoms with Crippen molar-refractivity contribution in [1.82, 2.24) is 0 Å². The third-order valence-electron chi connectivity index (χ3n) is 5.95. The van der Waals surface area contributed by atoms with Crippen molar-refractivity contribution in [1.29, 1.82) is 0 Å². The highest BCUT2D eigenvalue weighted by atomic mass is 16.7. The van der Waals surface area contributed by atoms with E-state index in [2.05, 4.69) is 0 Å². The number of carbonyl (C=O) groups excluding carboxylic acids is 5. The standard InChI is InChI=1S/C25H32O12/c1-12-20(19(30)21(32-12)17-9-7-6-8-10-17)37-25-24(35-16(5)29)23(34-15(4)28)22(33-14(3)27)18(36-25)11-31-13(2)26/h18,22-25H,6-11H2,1-5H3/t18-,22-,23+,24-,25+/m1/s1. The molecule has 2 aliphatic heterocycles. The molecular weight excluding hydrogens is 492 g/mol. The molecular formula is C25H32O12. The van der Waals surface area contributed by atoms with E-state index in [1.54, 1.807) is 6.92 Å². The Morgan fingerprint density at radius 1 is 0.811 bits per heavy atom. The molecule has 0 aromatic rings. The van der Waals surface area contributed by atoms with Gasteiger partial charge in [-0.25, -0.2) is 0 Å². The van der Waals surface area contributed by atoms with E-state index in [-0.39, 0.29) is 17.3 Å². The lowest BCUT2D eigenvalue weighted by Crippen LogP contribution is -2.63. The number of esters is 4. The monoisotopic (exact) mass is 524 g/mol. The summed E-state index contributed by atoms with van der Waals surface area (Å²) >= 11 is 0. The molecule has 3 rings (SSSR count). The molecule has 0 amide bonds. The van der Waals surface area contributed by atoms with E-state index in [9.17, 15) is 24.0 Å². The van der Waals surface area contributed by atoms with Crippen molar-refractivity contribution in [2.45, 2.75) is 97.4 Å². The zero-order chi connectivity index (χ0) is 27.3. The van der Waals surface area contributed by atoms with Crippen LogP contribution >= 0.6 is 0 Å². The molecule has 0 bridgehead atoms. The molecule has 12 heteroatoms. The summed E-state index contributed by atoms with van der Waals surface area (Å²) in [6.07, 6.45) is -2.42. The van der Waals surface area contributed by atoms with Gasteiger partial charge in [-0.2, -0.15) is 0 Å². The molecule has 12 nitrogen and oxygen atoms in total. The van der Waals surface area contributed by atoms with Gasteiger partial charge in [0.15, 0.2) is 18.0 Å². The van der Waals surface area contributed by atoms with Gasteiger partial charge in [-0.3, -0.25) is 24.0 Å². The highest BCUT2D eigenvalue weighted by molar-refractivity contribution is 6.08. The van der Waals surface area contributed by atoms with Crippen molar-refractivity contribution in [2.75, 3.05) is 6.61 Å². The Hall–Kier alpha value is -3.41. The lowest BCUT2D eigenvalue weighted by Gasteiger charge is -2.43. The van der Waals surface area contributed by atoms with Gasteiger partial charge in [0.2, 0.25) is 18.2 Å². The van der Waals surface area contributed by atoms with E-state index in [4.69, 9.17) is 33.2 Å². The molecule has 5 atom stereocenters. The summed E-state index contributed by atoms with van der Waals surface area (Å²) in [6, 6.07) is 0. The highest BCUT2D eigenvalue weighted by Crippen LogP contribution is 2.37. The normalized spacial score (nSPS) is 27.8. The first-order valence-electron chi connectivity index (χ1n) is 12.1. The van der Waals surface area contributed by atoms with Crippen LogP contribution in [0, 0.1) is 0 Å². The molecule has 1 saturated heterocycles. The van der Waals surface area contributed by atoms with Crippen molar-refractivity contribution in [3.63, 3.8) is 0 Å². The molecule has 2 fully saturated rings. The Kier molecular flexibility index (Phi) is 9.30. The second-order valence-electron chi connectivity index (χ2n) is 9.00. The van der Waals surface area contributed by atoms with Gasteiger partial charge >= 0.3 is 23.9 Å². The molecule has 0 aromatic heterocycles. The van der Waals surface area contributed by atoms with Crippen molar-refractivity contribution >= 4 is 29.7 Å². The second-order valence-corrected chi connectivity index (χ2v) is 9.00. The second kappa shape index (κ2) is 12.2. The molecule has 0 spiro atoms. The average molecular weight is 525 g/mol. The number of carbonyl (C=O) groups is 5. The van der Waals surface area contributed by atoms with Gasteiger partial charge in [0.1, 0.15) is 18.5 Å². The molecule has 0 radical (unpaired) electrons. The first-order valence-corrected chi connectivity index (χ1v) is 12.1. The van der Waals surface area contributed by atoms with Crippen LogP contribution in [0.1, 0.15) is 66.7 Å². The van der Waals surface area contributed by atoms with Crippen LogP contribution in [-0.4, -0.2) is 67.0 Å². The summed E-state index contributed by atoms with van der Waals surface area (Å²) in [6.45, 7) is 5.68. The van der Waals surface area contributed by atoms with E-state index in [1.807, 2.05) is 0 Å². The van der Waals surface area contributed by atoms with Crippen LogP contribution in [-0.2, 0) is 57.1 Å². The van der Waals surface area contributed by atoms with Crippen molar-refractivity contribution < 1.29 is 57.1 Å². The molecule has 0 N–H and O–H groups in total. The summed E-state index contributed by atoms with van der Waals surface area (Å²) in [5, 5.41) is 0. The molecule has 2 heterocycles. The molecule has 1 aliphatic carbocycles. The van der Waals surface area contributed by atoms with E-state index in [1.165, 1.54) is 6.92 Å². The third kappa shape index (κ3) is 7.09. The summed E-state index contributed by atoms with van der Waals surface area (Å²) in [5.41, 5.74) is 0.899. The third-order valence-corrected chi connectivity index (χ3v) is 5.95. The summed E-state index contributed by atoms with van der Waals surface area (Å²) in [5.74, 6) is -3.19. The van der Waals surface area contributed by atoms with Gasteiger partial charge in [0, 0.05) is 27.7 Å². The predicted octanol–water partition coefficient (Wildman–Crippen LogP) is 2.14. The number of ether oxygens (including phenoxy) is 7. The molecule has 37 heavy (non-hydrogen) atoms. The molecule has 0 aromatic carbocycles. The van der Waals surface area contributed by atoms with Crippen molar-refractivity contribution in [3.8, 4) is 0 Å². The minimum absolute atomic E-state index is 0.158. The van der Waals surface area contributed by atoms with Gasteiger partial charge in [0.25, 0.3) is 5.78 Å². The number of hydrogen-bond donors (Lipinski definition) is 0. The lowest BCUT2D eigenvalue weighted by atomic mass is 9.93. The van der Waals surface area contributed by atoms with Gasteiger partial charge in [-0.05, 0) is 38.2 Å². The fraction of sp³-hybridized carbons (Fsp3) is 0.640. The topological polar surface area (TPSA) is 150 Å². The molecule has 3 aliphatic rings. The minimum atomic E-state index is -1.51. The van der Waals surface area contributed by atoms with Crippen molar-refractivity contribution in [2.24, 2.45) is 0 Å². The van der Waals surface area contributed by atoms with Crippen LogP contribution in [0.5, 0.6) is 0 Å². The maximum Gasteiger partial charge on any atom is 0.303 e. The quantitative estimate of drug-likeness (QED) is 0.273. The zero-order valence-corrected chi connectivity index (χ0v) is 21.5.